The average molecular weight is 393 g/mol. The van der Waals surface area contributed by atoms with Crippen molar-refractivity contribution >= 4 is 25.8 Å². The summed E-state index contributed by atoms with van der Waals surface area (Å²) in [6.45, 7) is 4.68. The molecule has 2 rings (SSSR count). The lowest BCUT2D eigenvalue weighted by Gasteiger charge is -2.24. The van der Waals surface area contributed by atoms with E-state index < -0.39 is 31.3 Å². The Morgan fingerprint density at radius 1 is 1.36 bits per heavy atom. The van der Waals surface area contributed by atoms with E-state index in [2.05, 4.69) is 10.4 Å². The van der Waals surface area contributed by atoms with E-state index in [-0.39, 0.29) is 22.9 Å². The summed E-state index contributed by atoms with van der Waals surface area (Å²) in [6, 6.07) is 0. The Kier molecular flexibility index (Phi) is 5.05. The number of carbonyl (C=O) groups excluding carboxylic acids is 1. The minimum Gasteiger partial charge on any atom is -0.348 e. The molecule has 1 amide bonds. The van der Waals surface area contributed by atoms with Gasteiger partial charge < -0.3 is 5.32 Å². The highest BCUT2D eigenvalue weighted by molar-refractivity contribution is 7.91. The molecule has 0 saturated carbocycles. The first-order chi connectivity index (χ1) is 11.3. The molecule has 1 saturated heterocycles. The van der Waals surface area contributed by atoms with Gasteiger partial charge in [0.25, 0.3) is 0 Å². The SMILES string of the molecule is Cc1nn(CC(=O)N[C@@]2(C)CCS(=O)(=O)C2)c(C)c1S(=O)(=O)N(C)C. The van der Waals surface area contributed by atoms with Crippen LogP contribution in [0.4, 0.5) is 0 Å². The van der Waals surface area contributed by atoms with Gasteiger partial charge in [-0.3, -0.25) is 9.48 Å². The van der Waals surface area contributed by atoms with Crippen molar-refractivity contribution in [2.24, 2.45) is 0 Å². The smallest absolute Gasteiger partial charge is 0.246 e. The largest absolute Gasteiger partial charge is 0.348 e. The summed E-state index contributed by atoms with van der Waals surface area (Å²) in [5, 5.41) is 6.89. The van der Waals surface area contributed by atoms with Crippen LogP contribution in [-0.4, -0.2) is 68.0 Å². The average Bonchev–Trinajstić information content (AvgIpc) is 2.85. The van der Waals surface area contributed by atoms with Gasteiger partial charge in [-0.05, 0) is 27.2 Å². The fourth-order valence-corrected chi connectivity index (χ4v) is 6.36. The first kappa shape index (κ1) is 19.9. The number of nitrogens with one attached hydrogen (secondary N) is 1. The molecule has 25 heavy (non-hydrogen) atoms. The van der Waals surface area contributed by atoms with E-state index in [4.69, 9.17) is 0 Å². The van der Waals surface area contributed by atoms with Crippen LogP contribution >= 0.6 is 0 Å². The number of amides is 1. The Morgan fingerprint density at radius 3 is 2.44 bits per heavy atom. The number of carbonyl (C=O) groups is 1. The Labute approximate surface area is 148 Å². The van der Waals surface area contributed by atoms with Gasteiger partial charge >= 0.3 is 0 Å². The van der Waals surface area contributed by atoms with Crippen molar-refractivity contribution < 1.29 is 21.6 Å². The summed E-state index contributed by atoms with van der Waals surface area (Å²) >= 11 is 0. The topological polar surface area (TPSA) is 118 Å². The first-order valence-electron chi connectivity index (χ1n) is 7.75. The molecule has 1 N–H and O–H groups in total. The van der Waals surface area contributed by atoms with E-state index in [0.29, 0.717) is 17.8 Å². The fourth-order valence-electron chi connectivity index (χ4n) is 3.01. The molecule has 0 radical (unpaired) electrons. The van der Waals surface area contributed by atoms with Gasteiger partial charge in [0.05, 0.1) is 28.4 Å². The highest BCUT2D eigenvalue weighted by Gasteiger charge is 2.39. The molecule has 2 heterocycles. The molecule has 11 heteroatoms. The van der Waals surface area contributed by atoms with Gasteiger partial charge in [0.1, 0.15) is 11.4 Å². The van der Waals surface area contributed by atoms with Crippen molar-refractivity contribution in [2.75, 3.05) is 25.6 Å². The quantitative estimate of drug-likeness (QED) is 0.718. The number of aromatic nitrogens is 2. The summed E-state index contributed by atoms with van der Waals surface area (Å²) in [5.74, 6) is -0.447. The van der Waals surface area contributed by atoms with Gasteiger partial charge in [0.2, 0.25) is 15.9 Å². The number of hydrogen-bond acceptors (Lipinski definition) is 6. The lowest BCUT2D eigenvalue weighted by atomic mass is 10.0. The van der Waals surface area contributed by atoms with Crippen LogP contribution in [0.1, 0.15) is 24.7 Å². The Balaban J connectivity index is 2.21. The van der Waals surface area contributed by atoms with Crippen LogP contribution in [-0.2, 0) is 31.2 Å². The van der Waals surface area contributed by atoms with Crippen LogP contribution in [0.3, 0.4) is 0 Å². The summed E-state index contributed by atoms with van der Waals surface area (Å²) in [7, 11) is -3.94. The van der Waals surface area contributed by atoms with Crippen LogP contribution in [0.15, 0.2) is 4.90 Å². The van der Waals surface area contributed by atoms with Crippen molar-refractivity contribution in [3.05, 3.63) is 11.4 Å². The molecule has 0 aliphatic carbocycles. The van der Waals surface area contributed by atoms with Gasteiger partial charge in [-0.15, -0.1) is 0 Å². The molecule has 1 aliphatic heterocycles. The van der Waals surface area contributed by atoms with Crippen molar-refractivity contribution in [1.29, 1.82) is 0 Å². The molecule has 0 bridgehead atoms. The number of sulfonamides is 1. The van der Waals surface area contributed by atoms with E-state index in [1.165, 1.54) is 18.8 Å². The van der Waals surface area contributed by atoms with Crippen LogP contribution in [0.25, 0.3) is 0 Å². The minimum atomic E-state index is -3.66. The molecule has 1 fully saturated rings. The second-order valence-electron chi connectivity index (χ2n) is 6.90. The van der Waals surface area contributed by atoms with Crippen molar-refractivity contribution in [2.45, 2.75) is 44.2 Å². The molecule has 9 nitrogen and oxygen atoms in total. The maximum absolute atomic E-state index is 12.4. The Morgan fingerprint density at radius 2 is 1.96 bits per heavy atom. The standard InChI is InChI=1S/C14H24N4O5S2/c1-10-13(25(22,23)17(4)5)11(2)18(16-10)8-12(19)15-14(3)6-7-24(20,21)9-14/h6-9H2,1-5H3,(H,15,19)/t14-/m0/s1. The number of rotatable bonds is 5. The molecule has 0 spiro atoms. The van der Waals surface area contributed by atoms with Gasteiger partial charge in [0, 0.05) is 14.1 Å². The third-order valence-corrected chi connectivity index (χ3v) is 8.26. The zero-order valence-corrected chi connectivity index (χ0v) is 16.7. The van der Waals surface area contributed by atoms with Gasteiger partial charge in [0.15, 0.2) is 9.84 Å². The zero-order valence-electron chi connectivity index (χ0n) is 15.0. The Bertz CT molecular complexity index is 902. The van der Waals surface area contributed by atoms with Gasteiger partial charge in [-0.1, -0.05) is 0 Å². The summed E-state index contributed by atoms with van der Waals surface area (Å²) in [4.78, 5) is 12.4. The predicted molar refractivity (Wildman–Crippen MR) is 92.4 cm³/mol. The molecule has 1 aromatic rings. The molecular weight excluding hydrogens is 368 g/mol. The molecule has 142 valence electrons. The van der Waals surface area contributed by atoms with Crippen molar-refractivity contribution in [3.63, 3.8) is 0 Å². The second kappa shape index (κ2) is 6.36. The molecule has 1 aromatic heterocycles. The predicted octanol–water partition coefficient (Wildman–Crippen LogP) is -0.556. The van der Waals surface area contributed by atoms with Crippen molar-refractivity contribution in [3.8, 4) is 0 Å². The van der Waals surface area contributed by atoms with E-state index in [1.807, 2.05) is 0 Å². The maximum Gasteiger partial charge on any atom is 0.246 e. The summed E-state index contributed by atoms with van der Waals surface area (Å²) < 4.78 is 50.4. The van der Waals surface area contributed by atoms with Crippen molar-refractivity contribution in [1.82, 2.24) is 19.4 Å². The van der Waals surface area contributed by atoms with Gasteiger partial charge in [-0.2, -0.15) is 5.10 Å². The third-order valence-electron chi connectivity index (χ3n) is 4.29. The highest BCUT2D eigenvalue weighted by Crippen LogP contribution is 2.24. The number of aryl methyl sites for hydroxylation is 1. The van der Waals surface area contributed by atoms with Crippen LogP contribution in [0, 0.1) is 13.8 Å². The molecule has 1 aliphatic rings. The van der Waals surface area contributed by atoms with E-state index in [1.54, 1.807) is 20.8 Å². The normalized spacial score (nSPS) is 23.1. The first-order valence-corrected chi connectivity index (χ1v) is 11.0. The lowest BCUT2D eigenvalue weighted by molar-refractivity contribution is -0.123. The maximum atomic E-state index is 12.4. The van der Waals surface area contributed by atoms with E-state index in [0.717, 1.165) is 4.31 Å². The number of nitrogens with zero attached hydrogens (tertiary/aromatic N) is 3. The second-order valence-corrected chi connectivity index (χ2v) is 11.2. The van der Waals surface area contributed by atoms with Gasteiger partial charge in [-0.25, -0.2) is 21.1 Å². The highest BCUT2D eigenvalue weighted by atomic mass is 32.2. The molecule has 0 aromatic carbocycles. The van der Waals surface area contributed by atoms with Crippen LogP contribution in [0.2, 0.25) is 0 Å². The lowest BCUT2D eigenvalue weighted by Crippen LogP contribution is -2.48. The van der Waals surface area contributed by atoms with E-state index in [9.17, 15) is 21.6 Å². The minimum absolute atomic E-state index is 0.0505. The Hall–Kier alpha value is -1.46. The molecule has 1 atom stereocenters. The van der Waals surface area contributed by atoms with Crippen LogP contribution in [0.5, 0.6) is 0 Å². The summed E-state index contributed by atoms with van der Waals surface area (Å²) in [6.07, 6.45) is 0.360. The fraction of sp³-hybridized carbons (Fsp3) is 0.714. The number of sulfone groups is 1. The van der Waals surface area contributed by atoms with Crippen LogP contribution < -0.4 is 5.32 Å². The zero-order chi connectivity index (χ0) is 19.2. The van der Waals surface area contributed by atoms with E-state index >= 15 is 0 Å². The third kappa shape index (κ3) is 4.04. The molecular formula is C14H24N4O5S2. The monoisotopic (exact) mass is 392 g/mol. The summed E-state index contributed by atoms with van der Waals surface area (Å²) in [5.41, 5.74) is -0.121. The molecule has 0 unspecified atom stereocenters. The number of hydrogen-bond donors (Lipinski definition) is 1.